The number of hydrogen-bond acceptors (Lipinski definition) is 5. The molecule has 33 heavy (non-hydrogen) atoms. The summed E-state index contributed by atoms with van der Waals surface area (Å²) in [5, 5.41) is 6.86. The van der Waals surface area contributed by atoms with Gasteiger partial charge in [-0.3, -0.25) is 9.52 Å². The molecule has 2 N–H and O–H groups in total. The Kier molecular flexibility index (Phi) is 6.18. The van der Waals surface area contributed by atoms with Crippen molar-refractivity contribution in [3.63, 3.8) is 0 Å². The zero-order valence-electron chi connectivity index (χ0n) is 17.6. The van der Waals surface area contributed by atoms with Crippen molar-refractivity contribution in [3.05, 3.63) is 102 Å². The van der Waals surface area contributed by atoms with E-state index in [1.54, 1.807) is 30.1 Å². The molecule has 8 nitrogen and oxygen atoms in total. The van der Waals surface area contributed by atoms with Gasteiger partial charge in [0.15, 0.2) is 0 Å². The summed E-state index contributed by atoms with van der Waals surface area (Å²) in [7, 11) is -4.01. The number of nitrogens with zero attached hydrogens (tertiary/aromatic N) is 3. The van der Waals surface area contributed by atoms with Gasteiger partial charge in [-0.25, -0.2) is 22.5 Å². The Balaban J connectivity index is 1.41. The molecule has 4 aromatic rings. The van der Waals surface area contributed by atoms with Crippen LogP contribution in [0.2, 0.25) is 0 Å². The molecule has 0 spiro atoms. The van der Waals surface area contributed by atoms with Crippen LogP contribution in [0.5, 0.6) is 0 Å². The van der Waals surface area contributed by atoms with Gasteiger partial charge < -0.3 is 5.32 Å². The zero-order valence-corrected chi connectivity index (χ0v) is 18.4. The number of anilines is 1. The van der Waals surface area contributed by atoms with Crippen LogP contribution in [-0.2, 0) is 16.6 Å². The third-order valence-corrected chi connectivity index (χ3v) is 6.28. The maximum Gasteiger partial charge on any atom is 0.261 e. The Bertz CT molecular complexity index is 1390. The fourth-order valence-corrected chi connectivity index (χ4v) is 4.13. The summed E-state index contributed by atoms with van der Waals surface area (Å²) >= 11 is 0. The zero-order chi connectivity index (χ0) is 23.4. The minimum atomic E-state index is -4.01. The predicted molar refractivity (Wildman–Crippen MR) is 121 cm³/mol. The molecule has 1 amide bonds. The van der Waals surface area contributed by atoms with E-state index in [-0.39, 0.29) is 28.6 Å². The van der Waals surface area contributed by atoms with Crippen LogP contribution in [0.1, 0.15) is 21.5 Å². The van der Waals surface area contributed by atoms with Gasteiger partial charge in [-0.15, -0.1) is 0 Å². The van der Waals surface area contributed by atoms with E-state index < -0.39 is 15.8 Å². The molecule has 3 aromatic carbocycles. The van der Waals surface area contributed by atoms with Gasteiger partial charge in [-0.1, -0.05) is 24.3 Å². The second-order valence-corrected chi connectivity index (χ2v) is 8.97. The average molecular weight is 466 g/mol. The van der Waals surface area contributed by atoms with Crippen LogP contribution in [0.15, 0.2) is 84.3 Å². The van der Waals surface area contributed by atoms with Gasteiger partial charge in [-0.2, -0.15) is 5.10 Å². The molecular weight excluding hydrogens is 445 g/mol. The normalized spacial score (nSPS) is 11.2. The second kappa shape index (κ2) is 9.21. The predicted octanol–water partition coefficient (Wildman–Crippen LogP) is 3.45. The van der Waals surface area contributed by atoms with Crippen LogP contribution < -0.4 is 10.0 Å². The fraction of sp³-hybridized carbons (Fsp3) is 0.0870. The number of nitrogens with one attached hydrogen (secondary N) is 2. The van der Waals surface area contributed by atoms with E-state index in [9.17, 15) is 17.6 Å². The Labute approximate surface area is 190 Å². The number of halogens is 1. The van der Waals surface area contributed by atoms with Crippen LogP contribution in [-0.4, -0.2) is 29.1 Å². The van der Waals surface area contributed by atoms with E-state index in [1.165, 1.54) is 30.6 Å². The SMILES string of the molecule is Cc1ccc(S(=O)(=O)Nc2cccc(C(=O)NCc3ccc(-n4cncn4)cc3)c2)cc1F. The molecule has 0 aliphatic carbocycles. The average Bonchev–Trinajstić information content (AvgIpc) is 3.34. The molecule has 0 aliphatic rings. The molecule has 0 saturated heterocycles. The van der Waals surface area contributed by atoms with Crippen LogP contribution in [0.3, 0.4) is 0 Å². The number of amides is 1. The molecule has 4 rings (SSSR count). The number of benzene rings is 3. The first kappa shape index (κ1) is 22.2. The maximum atomic E-state index is 13.8. The number of aromatic nitrogens is 3. The molecule has 0 aliphatic heterocycles. The highest BCUT2D eigenvalue weighted by Gasteiger charge is 2.17. The minimum Gasteiger partial charge on any atom is -0.348 e. The van der Waals surface area contributed by atoms with Crippen LogP contribution in [0, 0.1) is 12.7 Å². The molecule has 0 unspecified atom stereocenters. The Morgan fingerprint density at radius 2 is 1.85 bits per heavy atom. The van der Waals surface area contributed by atoms with Gasteiger partial charge >= 0.3 is 0 Å². The standard InChI is InChI=1S/C23H20FN5O3S/c1-16-5-10-21(12-22(16)24)33(31,32)28-19-4-2-3-18(11-19)23(30)26-13-17-6-8-20(9-7-17)29-15-25-14-27-29/h2-12,14-15,28H,13H2,1H3,(H,26,30). The van der Waals surface area contributed by atoms with E-state index >= 15 is 0 Å². The number of sulfonamides is 1. The van der Waals surface area contributed by atoms with Gasteiger partial charge in [0.25, 0.3) is 15.9 Å². The van der Waals surface area contributed by atoms with Gasteiger partial charge in [0.2, 0.25) is 0 Å². The highest BCUT2D eigenvalue weighted by atomic mass is 32.2. The van der Waals surface area contributed by atoms with Crippen LogP contribution in [0.25, 0.3) is 5.69 Å². The van der Waals surface area contributed by atoms with E-state index in [0.29, 0.717) is 5.56 Å². The molecule has 168 valence electrons. The van der Waals surface area contributed by atoms with E-state index in [0.717, 1.165) is 17.3 Å². The molecule has 0 saturated carbocycles. The highest BCUT2D eigenvalue weighted by Crippen LogP contribution is 2.19. The largest absolute Gasteiger partial charge is 0.348 e. The number of aryl methyl sites for hydroxylation is 1. The van der Waals surface area contributed by atoms with Crippen molar-refractivity contribution in [1.82, 2.24) is 20.1 Å². The molecule has 1 aromatic heterocycles. The van der Waals surface area contributed by atoms with Crippen molar-refractivity contribution in [1.29, 1.82) is 0 Å². The topological polar surface area (TPSA) is 106 Å². The third-order valence-electron chi connectivity index (χ3n) is 4.90. The van der Waals surface area contributed by atoms with Crippen molar-refractivity contribution in [2.24, 2.45) is 0 Å². The smallest absolute Gasteiger partial charge is 0.261 e. The summed E-state index contributed by atoms with van der Waals surface area (Å²) in [4.78, 5) is 16.3. The summed E-state index contributed by atoms with van der Waals surface area (Å²) in [5.41, 5.74) is 2.55. The van der Waals surface area contributed by atoms with Crippen LogP contribution in [0.4, 0.5) is 10.1 Å². The second-order valence-electron chi connectivity index (χ2n) is 7.29. The lowest BCUT2D eigenvalue weighted by Crippen LogP contribution is -2.23. The van der Waals surface area contributed by atoms with Crippen molar-refractivity contribution in [3.8, 4) is 5.69 Å². The summed E-state index contributed by atoms with van der Waals surface area (Å²) in [6.07, 6.45) is 3.04. The highest BCUT2D eigenvalue weighted by molar-refractivity contribution is 7.92. The molecule has 0 fully saturated rings. The monoisotopic (exact) mass is 465 g/mol. The van der Waals surface area contributed by atoms with E-state index in [2.05, 4.69) is 20.1 Å². The Morgan fingerprint density at radius 1 is 1.06 bits per heavy atom. The van der Waals surface area contributed by atoms with E-state index in [1.807, 2.05) is 24.3 Å². The van der Waals surface area contributed by atoms with Gasteiger partial charge in [-0.05, 0) is 60.5 Å². The molecular formula is C23H20FN5O3S. The van der Waals surface area contributed by atoms with Crippen molar-refractivity contribution in [2.45, 2.75) is 18.4 Å². The number of carbonyl (C=O) groups is 1. The number of hydrogen-bond donors (Lipinski definition) is 2. The fourth-order valence-electron chi connectivity index (χ4n) is 3.07. The van der Waals surface area contributed by atoms with Crippen molar-refractivity contribution >= 4 is 21.6 Å². The molecule has 0 atom stereocenters. The van der Waals surface area contributed by atoms with Crippen molar-refractivity contribution in [2.75, 3.05) is 4.72 Å². The Hall–Kier alpha value is -4.05. The number of carbonyl (C=O) groups excluding carboxylic acids is 1. The summed E-state index contributed by atoms with van der Waals surface area (Å²) < 4.78 is 43.0. The minimum absolute atomic E-state index is 0.195. The first-order chi connectivity index (χ1) is 15.8. The Morgan fingerprint density at radius 3 is 2.55 bits per heavy atom. The quantitative estimate of drug-likeness (QED) is 0.435. The first-order valence-corrected chi connectivity index (χ1v) is 11.4. The lowest BCUT2D eigenvalue weighted by atomic mass is 10.1. The summed E-state index contributed by atoms with van der Waals surface area (Å²) in [6, 6.07) is 17.2. The lowest BCUT2D eigenvalue weighted by molar-refractivity contribution is 0.0951. The first-order valence-electron chi connectivity index (χ1n) is 9.93. The van der Waals surface area contributed by atoms with Gasteiger partial charge in [0.1, 0.15) is 18.5 Å². The van der Waals surface area contributed by atoms with Crippen LogP contribution >= 0.6 is 0 Å². The molecule has 0 bridgehead atoms. The molecule has 10 heteroatoms. The third kappa shape index (κ3) is 5.24. The van der Waals surface area contributed by atoms with Gasteiger partial charge in [0, 0.05) is 17.8 Å². The molecule has 1 heterocycles. The summed E-state index contributed by atoms with van der Waals surface area (Å²) in [5.74, 6) is -0.974. The van der Waals surface area contributed by atoms with Crippen molar-refractivity contribution < 1.29 is 17.6 Å². The lowest BCUT2D eigenvalue weighted by Gasteiger charge is -2.11. The van der Waals surface area contributed by atoms with Gasteiger partial charge in [0.05, 0.1) is 10.6 Å². The summed E-state index contributed by atoms with van der Waals surface area (Å²) in [6.45, 7) is 1.83. The number of rotatable bonds is 7. The maximum absolute atomic E-state index is 13.8. The van der Waals surface area contributed by atoms with E-state index in [4.69, 9.17) is 0 Å². The molecule has 0 radical (unpaired) electrons.